The summed E-state index contributed by atoms with van der Waals surface area (Å²) in [7, 11) is 0. The molecule has 0 bridgehead atoms. The van der Waals surface area contributed by atoms with E-state index in [-0.39, 0.29) is 47.1 Å². The lowest BCUT2D eigenvalue weighted by Crippen LogP contribution is -2.52. The van der Waals surface area contributed by atoms with E-state index in [2.05, 4.69) is 14.9 Å². The Hall–Kier alpha value is -3.67. The van der Waals surface area contributed by atoms with Gasteiger partial charge in [0, 0.05) is 42.9 Å². The molecule has 48 heavy (non-hydrogen) atoms. The molecule has 254 valence electrons. The summed E-state index contributed by atoms with van der Waals surface area (Å²) in [6.45, 7) is 5.83. The van der Waals surface area contributed by atoms with Crippen LogP contribution in [-0.4, -0.2) is 88.2 Å². The third-order valence-corrected chi connectivity index (χ3v) is 11.0. The molecule has 4 fully saturated rings. The monoisotopic (exact) mass is 659 g/mol. The third kappa shape index (κ3) is 5.73. The van der Waals surface area contributed by atoms with E-state index in [1.807, 2.05) is 11.8 Å². The summed E-state index contributed by atoms with van der Waals surface area (Å²) in [6, 6.07) is 6.46. The fourth-order valence-corrected chi connectivity index (χ4v) is 8.60. The minimum atomic E-state index is -0.752. The van der Waals surface area contributed by atoms with Crippen LogP contribution >= 0.6 is 0 Å². The Morgan fingerprint density at radius 3 is 2.77 bits per heavy atom. The molecule has 11 heteroatoms. The van der Waals surface area contributed by atoms with Gasteiger partial charge in [0.25, 0.3) is 0 Å². The van der Waals surface area contributed by atoms with Crippen molar-refractivity contribution in [2.45, 2.75) is 70.4 Å². The normalized spacial score (nSPS) is 25.0. The van der Waals surface area contributed by atoms with Crippen LogP contribution in [-0.2, 0) is 11.2 Å². The standard InChI is InChI=1S/C37H43F2N5O4/c1-2-26-29(38)9-8-23-15-24(45)16-27(31(23)26)33-32(39)34-28(17-40-33)35(44-13-14-47-20-25(46)19-44)42-36(41-34)48-21-37-10-3-5-30(37)43(12-4-11-37)18-22-6-7-22/h8-9,15-17,22,25,30,45-46H,2-7,10-14,18-21H2,1H3. The Bertz CT molecular complexity index is 1850. The number of β-amino-alcohol motifs (C(OH)–C–C–N with tert-alkyl or cyclic N) is 1. The fourth-order valence-electron chi connectivity index (χ4n) is 8.60. The van der Waals surface area contributed by atoms with Crippen molar-refractivity contribution in [3.8, 4) is 23.0 Å². The summed E-state index contributed by atoms with van der Waals surface area (Å²) in [5, 5.41) is 22.7. The molecule has 8 rings (SSSR count). The van der Waals surface area contributed by atoms with E-state index >= 15 is 8.78 Å². The van der Waals surface area contributed by atoms with E-state index in [9.17, 15) is 10.2 Å². The Morgan fingerprint density at radius 1 is 1.08 bits per heavy atom. The molecule has 2 saturated heterocycles. The molecule has 2 N–H and O–H groups in total. The van der Waals surface area contributed by atoms with Crippen molar-refractivity contribution in [2.75, 3.05) is 50.9 Å². The number of benzene rings is 2. The minimum absolute atomic E-state index is 0.00130. The first kappa shape index (κ1) is 31.6. The number of fused-ring (bicyclic) bond motifs is 3. The number of phenols is 1. The van der Waals surface area contributed by atoms with Crippen molar-refractivity contribution in [3.63, 3.8) is 0 Å². The maximum absolute atomic E-state index is 16.9. The molecular weight excluding hydrogens is 616 g/mol. The fraction of sp³-hybridized carbons (Fsp3) is 0.541. The molecular formula is C37H43F2N5O4. The lowest BCUT2D eigenvalue weighted by atomic mass is 9.75. The molecule has 0 radical (unpaired) electrons. The molecule has 2 aliphatic carbocycles. The first-order chi connectivity index (χ1) is 23.3. The highest BCUT2D eigenvalue weighted by Crippen LogP contribution is 2.49. The van der Waals surface area contributed by atoms with Crippen LogP contribution in [0.2, 0.25) is 0 Å². The molecule has 4 heterocycles. The van der Waals surface area contributed by atoms with E-state index < -0.39 is 17.7 Å². The number of aliphatic hydroxyl groups excluding tert-OH is 1. The molecule has 0 spiro atoms. The van der Waals surface area contributed by atoms with Gasteiger partial charge in [-0.05, 0) is 91.9 Å². The van der Waals surface area contributed by atoms with Gasteiger partial charge in [-0.3, -0.25) is 9.88 Å². The van der Waals surface area contributed by atoms with Crippen LogP contribution < -0.4 is 9.64 Å². The van der Waals surface area contributed by atoms with Crippen LogP contribution in [0, 0.1) is 23.0 Å². The van der Waals surface area contributed by atoms with E-state index in [1.165, 1.54) is 31.2 Å². The zero-order chi connectivity index (χ0) is 33.0. The van der Waals surface area contributed by atoms with Gasteiger partial charge in [0.15, 0.2) is 5.82 Å². The second-order valence-corrected chi connectivity index (χ2v) is 14.3. The van der Waals surface area contributed by atoms with E-state index in [4.69, 9.17) is 14.5 Å². The molecule has 0 amide bonds. The number of aromatic nitrogens is 3. The van der Waals surface area contributed by atoms with Crippen molar-refractivity contribution in [3.05, 3.63) is 47.7 Å². The van der Waals surface area contributed by atoms with Gasteiger partial charge in [-0.15, -0.1) is 0 Å². The Morgan fingerprint density at radius 2 is 1.94 bits per heavy atom. The number of aryl methyl sites for hydroxylation is 1. The molecule has 4 aliphatic rings. The van der Waals surface area contributed by atoms with Crippen LogP contribution in [0.15, 0.2) is 30.5 Å². The number of hydrogen-bond donors (Lipinski definition) is 2. The number of aromatic hydroxyl groups is 1. The average molecular weight is 660 g/mol. The zero-order valence-electron chi connectivity index (χ0n) is 27.4. The maximum atomic E-state index is 16.9. The van der Waals surface area contributed by atoms with Crippen LogP contribution in [0.5, 0.6) is 11.8 Å². The quantitative estimate of drug-likeness (QED) is 0.235. The highest BCUT2D eigenvalue weighted by Gasteiger charge is 2.49. The topological polar surface area (TPSA) is 104 Å². The molecule has 2 saturated carbocycles. The number of ether oxygens (including phenoxy) is 2. The Labute approximate surface area is 278 Å². The molecule has 2 aromatic heterocycles. The minimum Gasteiger partial charge on any atom is -0.508 e. The number of pyridine rings is 1. The van der Waals surface area contributed by atoms with Crippen LogP contribution in [0.3, 0.4) is 0 Å². The second-order valence-electron chi connectivity index (χ2n) is 14.3. The van der Waals surface area contributed by atoms with Crippen molar-refractivity contribution < 1.29 is 28.5 Å². The van der Waals surface area contributed by atoms with Gasteiger partial charge in [-0.25, -0.2) is 8.78 Å². The summed E-state index contributed by atoms with van der Waals surface area (Å²) in [5.74, 6) is 0.0467. The molecule has 2 aromatic carbocycles. The van der Waals surface area contributed by atoms with E-state index in [1.54, 1.807) is 12.1 Å². The third-order valence-electron chi connectivity index (χ3n) is 11.0. The predicted molar refractivity (Wildman–Crippen MR) is 179 cm³/mol. The van der Waals surface area contributed by atoms with E-state index in [0.717, 1.165) is 51.1 Å². The largest absolute Gasteiger partial charge is 0.508 e. The van der Waals surface area contributed by atoms with Crippen molar-refractivity contribution in [1.82, 2.24) is 19.9 Å². The van der Waals surface area contributed by atoms with Crippen molar-refractivity contribution >= 4 is 27.5 Å². The number of likely N-dealkylation sites (tertiary alicyclic amines) is 1. The molecule has 4 aromatic rings. The van der Waals surface area contributed by atoms with Crippen LogP contribution in [0.25, 0.3) is 32.9 Å². The number of anilines is 1. The maximum Gasteiger partial charge on any atom is 0.319 e. The smallest absolute Gasteiger partial charge is 0.319 e. The highest BCUT2D eigenvalue weighted by molar-refractivity contribution is 6.01. The molecule has 9 nitrogen and oxygen atoms in total. The van der Waals surface area contributed by atoms with Gasteiger partial charge in [0.1, 0.15) is 28.6 Å². The van der Waals surface area contributed by atoms with Gasteiger partial charge in [-0.2, -0.15) is 9.97 Å². The first-order valence-corrected chi connectivity index (χ1v) is 17.5. The Balaban J connectivity index is 1.23. The lowest BCUT2D eigenvalue weighted by Gasteiger charge is -2.46. The zero-order valence-corrected chi connectivity index (χ0v) is 27.4. The second kappa shape index (κ2) is 12.7. The summed E-state index contributed by atoms with van der Waals surface area (Å²) >= 11 is 0. The summed E-state index contributed by atoms with van der Waals surface area (Å²) < 4.78 is 44.1. The number of nitrogens with zero attached hydrogens (tertiary/aromatic N) is 5. The SMILES string of the molecule is CCc1c(F)ccc2cc(O)cc(-c3ncc4c(N5CCOCC(O)C5)nc(OCC56CCCC5N(CC5CC5)CCC6)nc4c3F)c12. The lowest BCUT2D eigenvalue weighted by molar-refractivity contribution is -0.00241. The van der Waals surface area contributed by atoms with Crippen molar-refractivity contribution in [2.24, 2.45) is 11.3 Å². The molecule has 2 aliphatic heterocycles. The van der Waals surface area contributed by atoms with E-state index in [0.29, 0.717) is 59.8 Å². The molecule has 3 atom stereocenters. The highest BCUT2D eigenvalue weighted by atomic mass is 19.1. The summed E-state index contributed by atoms with van der Waals surface area (Å²) in [4.78, 5) is 18.6. The Kier molecular flexibility index (Phi) is 8.33. The number of hydrogen-bond acceptors (Lipinski definition) is 9. The summed E-state index contributed by atoms with van der Waals surface area (Å²) in [6.07, 6.45) is 9.41. The van der Waals surface area contributed by atoms with Crippen molar-refractivity contribution in [1.29, 1.82) is 0 Å². The number of aliphatic hydroxyl groups is 1. The average Bonchev–Trinajstić information content (AvgIpc) is 3.84. The summed E-state index contributed by atoms with van der Waals surface area (Å²) in [5.41, 5.74) is 0.679. The van der Waals surface area contributed by atoms with Gasteiger partial charge in [0.2, 0.25) is 0 Å². The molecule has 3 unspecified atom stereocenters. The number of halogens is 2. The number of piperidine rings is 1. The van der Waals surface area contributed by atoms with Gasteiger partial charge >= 0.3 is 6.01 Å². The van der Waals surface area contributed by atoms with Gasteiger partial charge in [-0.1, -0.05) is 19.4 Å². The van der Waals surface area contributed by atoms with Gasteiger partial charge in [0.05, 0.1) is 31.3 Å². The predicted octanol–water partition coefficient (Wildman–Crippen LogP) is 6.01. The number of rotatable bonds is 8. The first-order valence-electron chi connectivity index (χ1n) is 17.5. The van der Waals surface area contributed by atoms with Gasteiger partial charge < -0.3 is 24.6 Å². The van der Waals surface area contributed by atoms with Crippen LogP contribution in [0.1, 0.15) is 57.4 Å². The number of phenolic OH excluding ortho intramolecular Hbond substituents is 1. The van der Waals surface area contributed by atoms with Crippen LogP contribution in [0.4, 0.5) is 14.6 Å².